The summed E-state index contributed by atoms with van der Waals surface area (Å²) < 4.78 is 5.90. The van der Waals surface area contributed by atoms with Crippen LogP contribution in [0.4, 0.5) is 0 Å². The zero-order valence-electron chi connectivity index (χ0n) is 40.7. The summed E-state index contributed by atoms with van der Waals surface area (Å²) in [6.07, 6.45) is 67.1. The number of carbonyl (C=O) groups excluding carboxylic acids is 2. The number of amides is 1. The Labute approximate surface area is 388 Å². The molecule has 358 valence electrons. The van der Waals surface area contributed by atoms with Crippen molar-refractivity contribution in [3.05, 3.63) is 109 Å². The van der Waals surface area contributed by atoms with Gasteiger partial charge in [0.15, 0.2) is 0 Å². The van der Waals surface area contributed by atoms with Crippen molar-refractivity contribution in [2.24, 2.45) is 0 Å². The molecule has 0 rings (SSSR count). The number of carbonyl (C=O) groups is 2. The molecule has 0 bridgehead atoms. The largest absolute Gasteiger partial charge is 0.462 e. The molecule has 0 aliphatic heterocycles. The lowest BCUT2D eigenvalue weighted by Gasteiger charge is -2.24. The number of unbranched alkanes of at least 4 members (excludes halogenated alkanes) is 18. The Morgan fingerprint density at radius 2 is 0.905 bits per heavy atom. The van der Waals surface area contributed by atoms with E-state index < -0.39 is 18.2 Å². The van der Waals surface area contributed by atoms with Gasteiger partial charge < -0.3 is 20.3 Å². The molecule has 3 unspecified atom stereocenters. The molecule has 0 fully saturated rings. The van der Waals surface area contributed by atoms with E-state index in [1.54, 1.807) is 0 Å². The lowest BCUT2D eigenvalue weighted by atomic mass is 10.0. The third-order valence-electron chi connectivity index (χ3n) is 10.9. The minimum Gasteiger partial charge on any atom is -0.462 e. The third-order valence-corrected chi connectivity index (χ3v) is 10.9. The van der Waals surface area contributed by atoms with Gasteiger partial charge in [-0.1, -0.05) is 220 Å². The van der Waals surface area contributed by atoms with Gasteiger partial charge in [0.1, 0.15) is 6.10 Å². The first kappa shape index (κ1) is 59.5. The molecular weight excluding hydrogens is 779 g/mol. The number of hydrogen-bond acceptors (Lipinski definition) is 5. The molecule has 0 spiro atoms. The fourth-order valence-corrected chi connectivity index (χ4v) is 7.03. The van der Waals surface area contributed by atoms with Gasteiger partial charge in [0, 0.05) is 6.42 Å². The van der Waals surface area contributed by atoms with E-state index in [1.807, 2.05) is 36.5 Å². The molecule has 3 N–H and O–H groups in total. The fourth-order valence-electron chi connectivity index (χ4n) is 7.03. The monoisotopic (exact) mass is 874 g/mol. The highest BCUT2D eigenvalue weighted by atomic mass is 16.5. The molecule has 1 amide bonds. The van der Waals surface area contributed by atoms with Crippen LogP contribution < -0.4 is 5.32 Å². The van der Waals surface area contributed by atoms with Crippen LogP contribution in [0, 0.1) is 0 Å². The normalized spacial score (nSPS) is 14.2. The molecular formula is C57H95NO5. The summed E-state index contributed by atoms with van der Waals surface area (Å²) in [5, 5.41) is 23.7. The molecule has 0 aromatic rings. The number of hydrogen-bond donors (Lipinski definition) is 3. The summed E-state index contributed by atoms with van der Waals surface area (Å²) in [5.74, 6) is -0.564. The summed E-state index contributed by atoms with van der Waals surface area (Å²) in [7, 11) is 0. The van der Waals surface area contributed by atoms with E-state index in [0.29, 0.717) is 19.3 Å². The zero-order valence-corrected chi connectivity index (χ0v) is 40.7. The van der Waals surface area contributed by atoms with Crippen molar-refractivity contribution >= 4 is 11.9 Å². The second-order valence-corrected chi connectivity index (χ2v) is 17.0. The van der Waals surface area contributed by atoms with Crippen LogP contribution in [0.3, 0.4) is 0 Å². The van der Waals surface area contributed by atoms with Crippen molar-refractivity contribution < 1.29 is 24.5 Å². The van der Waals surface area contributed by atoms with E-state index in [0.717, 1.165) is 103 Å². The molecule has 0 heterocycles. The highest BCUT2D eigenvalue weighted by Gasteiger charge is 2.24. The smallest absolute Gasteiger partial charge is 0.306 e. The molecule has 63 heavy (non-hydrogen) atoms. The number of allylic oxidation sites excluding steroid dienone is 18. The zero-order chi connectivity index (χ0) is 45.9. The Bertz CT molecular complexity index is 1300. The first-order chi connectivity index (χ1) is 31.0. The first-order valence-electron chi connectivity index (χ1n) is 25.7. The summed E-state index contributed by atoms with van der Waals surface area (Å²) in [6.45, 7) is 6.31. The number of ether oxygens (including phenoxy) is 1. The second kappa shape index (κ2) is 49.5. The Morgan fingerprint density at radius 3 is 1.46 bits per heavy atom. The minimum atomic E-state index is -0.811. The molecule has 0 aromatic carbocycles. The van der Waals surface area contributed by atoms with Gasteiger partial charge in [-0.2, -0.15) is 0 Å². The van der Waals surface area contributed by atoms with Crippen LogP contribution >= 0.6 is 0 Å². The third kappa shape index (κ3) is 44.9. The van der Waals surface area contributed by atoms with E-state index in [1.165, 1.54) is 64.2 Å². The minimum absolute atomic E-state index is 0.0293. The van der Waals surface area contributed by atoms with E-state index in [2.05, 4.69) is 99.0 Å². The molecule has 0 radical (unpaired) electrons. The standard InChI is InChI=1S/C57H95NO5/c1-4-7-10-13-16-19-21-23-25-27-28-29-31-33-35-38-41-44-47-50-57(62)63-53(48-45-42-39-37-34-32-30-26-24-22-20-17-14-11-8-5-2)51-56(61)58-54(52-59)55(60)49-46-43-40-36-18-15-12-9-6-3/h11,14,16-17,19-20,22-26,28-30,32-35,53-55,59-60H,4-10,12-13,15,18,21,27,31,36-52H2,1-3H3,(H,58,61)/b14-11+,19-16-,20-17+,24-22+,25-23-,29-28-,30-26+,34-32+,35-33-. The van der Waals surface area contributed by atoms with Crippen molar-refractivity contribution in [3.8, 4) is 0 Å². The molecule has 0 aliphatic carbocycles. The highest BCUT2D eigenvalue weighted by Crippen LogP contribution is 2.16. The van der Waals surface area contributed by atoms with E-state index in [-0.39, 0.29) is 24.9 Å². The van der Waals surface area contributed by atoms with E-state index >= 15 is 0 Å². The molecule has 0 aliphatic rings. The summed E-state index contributed by atoms with van der Waals surface area (Å²) in [4.78, 5) is 26.1. The summed E-state index contributed by atoms with van der Waals surface area (Å²) in [6, 6.07) is -0.729. The summed E-state index contributed by atoms with van der Waals surface area (Å²) >= 11 is 0. The first-order valence-corrected chi connectivity index (χ1v) is 25.7. The predicted molar refractivity (Wildman–Crippen MR) is 273 cm³/mol. The number of aliphatic hydroxyl groups is 2. The average molecular weight is 874 g/mol. The Hall–Kier alpha value is -3.48. The molecule has 6 heteroatoms. The highest BCUT2D eigenvalue weighted by molar-refractivity contribution is 5.77. The van der Waals surface area contributed by atoms with Crippen LogP contribution in [0.2, 0.25) is 0 Å². The summed E-state index contributed by atoms with van der Waals surface area (Å²) in [5.41, 5.74) is 0. The van der Waals surface area contributed by atoms with Gasteiger partial charge in [0.05, 0.1) is 25.2 Å². The Balaban J connectivity index is 4.75. The number of esters is 1. The van der Waals surface area contributed by atoms with Crippen molar-refractivity contribution in [1.82, 2.24) is 5.32 Å². The molecule has 0 saturated heterocycles. The van der Waals surface area contributed by atoms with Crippen molar-refractivity contribution in [3.63, 3.8) is 0 Å². The topological polar surface area (TPSA) is 95.9 Å². The number of aliphatic hydroxyl groups excluding tert-OH is 2. The van der Waals surface area contributed by atoms with Crippen molar-refractivity contribution in [2.75, 3.05) is 6.61 Å². The van der Waals surface area contributed by atoms with Gasteiger partial charge in [0.25, 0.3) is 0 Å². The molecule has 0 saturated carbocycles. The maximum atomic E-state index is 13.2. The van der Waals surface area contributed by atoms with Crippen LogP contribution in [0.15, 0.2) is 109 Å². The van der Waals surface area contributed by atoms with Crippen LogP contribution in [-0.4, -0.2) is 46.9 Å². The van der Waals surface area contributed by atoms with Gasteiger partial charge in [-0.05, 0) is 89.9 Å². The molecule has 3 atom stereocenters. The maximum Gasteiger partial charge on any atom is 0.306 e. The SMILES string of the molecule is CCC/C=C/C=C/C=C/C=C/C=C/CCCCCC(CC(=O)NC(CO)C(O)CCCCCCCCCCC)OC(=O)CCCCC/C=C\C/C=C\C/C=C\C/C=C\CCCCC. The van der Waals surface area contributed by atoms with Crippen molar-refractivity contribution in [2.45, 2.75) is 232 Å². The average Bonchev–Trinajstić information content (AvgIpc) is 3.28. The molecule has 6 nitrogen and oxygen atoms in total. The number of nitrogens with one attached hydrogen (secondary N) is 1. The van der Waals surface area contributed by atoms with Gasteiger partial charge >= 0.3 is 5.97 Å². The fraction of sp³-hybridized carbons (Fsp3) is 0.649. The Morgan fingerprint density at radius 1 is 0.476 bits per heavy atom. The van der Waals surface area contributed by atoms with Crippen LogP contribution in [-0.2, 0) is 14.3 Å². The maximum absolute atomic E-state index is 13.2. The lowest BCUT2D eigenvalue weighted by molar-refractivity contribution is -0.151. The molecule has 0 aromatic heterocycles. The van der Waals surface area contributed by atoms with Gasteiger partial charge in [-0.25, -0.2) is 0 Å². The van der Waals surface area contributed by atoms with Crippen LogP contribution in [0.1, 0.15) is 213 Å². The van der Waals surface area contributed by atoms with Crippen LogP contribution in [0.5, 0.6) is 0 Å². The quantitative estimate of drug-likeness (QED) is 0.0245. The second-order valence-electron chi connectivity index (χ2n) is 17.0. The van der Waals surface area contributed by atoms with E-state index in [4.69, 9.17) is 4.74 Å². The van der Waals surface area contributed by atoms with Gasteiger partial charge in [-0.3, -0.25) is 9.59 Å². The predicted octanol–water partition coefficient (Wildman–Crippen LogP) is 15.5. The van der Waals surface area contributed by atoms with Crippen molar-refractivity contribution in [1.29, 1.82) is 0 Å². The van der Waals surface area contributed by atoms with Crippen LogP contribution in [0.25, 0.3) is 0 Å². The van der Waals surface area contributed by atoms with E-state index in [9.17, 15) is 19.8 Å². The van der Waals surface area contributed by atoms with Gasteiger partial charge in [-0.15, -0.1) is 0 Å². The number of rotatable bonds is 44. The lowest BCUT2D eigenvalue weighted by Crippen LogP contribution is -2.46. The van der Waals surface area contributed by atoms with Gasteiger partial charge in [0.2, 0.25) is 5.91 Å². The Kier molecular flexibility index (Phi) is 46.8.